The van der Waals surface area contributed by atoms with E-state index in [1.54, 1.807) is 0 Å². The summed E-state index contributed by atoms with van der Waals surface area (Å²) < 4.78 is 0. The molecule has 2 aliphatic carbocycles. The number of amides is 2. The van der Waals surface area contributed by atoms with Crippen LogP contribution in [-0.4, -0.2) is 11.8 Å². The lowest BCUT2D eigenvalue weighted by Crippen LogP contribution is -2.25. The third-order valence-electron chi connectivity index (χ3n) is 7.17. The molecule has 2 fully saturated rings. The van der Waals surface area contributed by atoms with E-state index in [0.29, 0.717) is 0 Å². The molecule has 0 atom stereocenters. The molecule has 0 radical (unpaired) electrons. The Morgan fingerprint density at radius 3 is 1.38 bits per heavy atom. The van der Waals surface area contributed by atoms with Gasteiger partial charge in [0.1, 0.15) is 0 Å². The van der Waals surface area contributed by atoms with E-state index in [0.717, 1.165) is 86.7 Å². The number of para-hydroxylation sites is 2. The lowest BCUT2D eigenvalue weighted by atomic mass is 9.88. The largest absolute Gasteiger partial charge is 0.326 e. The van der Waals surface area contributed by atoms with Gasteiger partial charge in [-0.3, -0.25) is 9.59 Å². The predicted molar refractivity (Wildman–Crippen MR) is 131 cm³/mol. The second kappa shape index (κ2) is 11.3. The molecule has 0 spiro atoms. The molecule has 2 amide bonds. The summed E-state index contributed by atoms with van der Waals surface area (Å²) in [6, 6.07) is 16.2. The van der Waals surface area contributed by atoms with Crippen molar-refractivity contribution in [2.75, 3.05) is 10.6 Å². The highest BCUT2D eigenvalue weighted by Crippen LogP contribution is 2.28. The van der Waals surface area contributed by atoms with Crippen molar-refractivity contribution in [1.82, 2.24) is 0 Å². The summed E-state index contributed by atoms with van der Waals surface area (Å²) in [5.74, 6) is 0.620. The van der Waals surface area contributed by atoms with E-state index >= 15 is 0 Å². The Kier molecular flexibility index (Phi) is 7.97. The first-order valence-electron chi connectivity index (χ1n) is 12.5. The first kappa shape index (κ1) is 22.6. The fourth-order valence-corrected chi connectivity index (χ4v) is 5.19. The number of hydrogen-bond donors (Lipinski definition) is 2. The molecule has 0 bridgehead atoms. The van der Waals surface area contributed by atoms with E-state index in [1.165, 1.54) is 12.8 Å². The van der Waals surface area contributed by atoms with Crippen molar-refractivity contribution in [3.05, 3.63) is 59.7 Å². The first-order valence-corrected chi connectivity index (χ1v) is 12.5. The van der Waals surface area contributed by atoms with Gasteiger partial charge in [-0.15, -0.1) is 0 Å². The summed E-state index contributed by atoms with van der Waals surface area (Å²) in [7, 11) is 0. The maximum Gasteiger partial charge on any atom is 0.227 e. The molecule has 4 heteroatoms. The minimum absolute atomic E-state index is 0.146. The molecular weight excluding hydrogens is 396 g/mol. The van der Waals surface area contributed by atoms with Crippen LogP contribution in [0.15, 0.2) is 48.5 Å². The minimum atomic E-state index is 0.146. The lowest BCUT2D eigenvalue weighted by molar-refractivity contribution is -0.121. The van der Waals surface area contributed by atoms with Gasteiger partial charge in [0.05, 0.1) is 0 Å². The molecular formula is C28H36N2O2. The van der Waals surface area contributed by atoms with E-state index in [-0.39, 0.29) is 23.7 Å². The number of carbonyl (C=O) groups excluding carboxylic acids is 2. The number of aryl methyl sites for hydroxylation is 2. The van der Waals surface area contributed by atoms with E-state index in [9.17, 15) is 9.59 Å². The molecule has 4 nitrogen and oxygen atoms in total. The standard InChI is InChI=1S/C28H36N2O2/c31-27(23-13-3-1-4-14-23)29-25-17-9-7-11-21(25)19-20-22-12-8-10-18-26(22)30-28(32)24-15-5-2-6-16-24/h7-12,17-18,23-24H,1-6,13-16,19-20H2,(H,29,31)(H,30,32). The van der Waals surface area contributed by atoms with E-state index in [2.05, 4.69) is 22.8 Å². The van der Waals surface area contributed by atoms with Crippen LogP contribution in [0.25, 0.3) is 0 Å². The van der Waals surface area contributed by atoms with Crippen molar-refractivity contribution >= 4 is 23.2 Å². The Bertz CT molecular complexity index is 836. The highest BCUT2D eigenvalue weighted by atomic mass is 16.2. The minimum Gasteiger partial charge on any atom is -0.326 e. The topological polar surface area (TPSA) is 58.2 Å². The molecule has 32 heavy (non-hydrogen) atoms. The van der Waals surface area contributed by atoms with Crippen LogP contribution < -0.4 is 10.6 Å². The fourth-order valence-electron chi connectivity index (χ4n) is 5.19. The van der Waals surface area contributed by atoms with Gasteiger partial charge < -0.3 is 10.6 Å². The number of nitrogens with one attached hydrogen (secondary N) is 2. The monoisotopic (exact) mass is 432 g/mol. The third kappa shape index (κ3) is 5.99. The number of benzene rings is 2. The maximum atomic E-state index is 12.8. The lowest BCUT2D eigenvalue weighted by Gasteiger charge is -2.22. The molecule has 2 saturated carbocycles. The van der Waals surface area contributed by atoms with Gasteiger partial charge in [-0.1, -0.05) is 74.9 Å². The van der Waals surface area contributed by atoms with Gasteiger partial charge >= 0.3 is 0 Å². The predicted octanol–water partition coefficient (Wildman–Crippen LogP) is 6.51. The van der Waals surface area contributed by atoms with E-state index in [1.807, 2.05) is 36.4 Å². The Hall–Kier alpha value is -2.62. The molecule has 2 aliphatic rings. The summed E-state index contributed by atoms with van der Waals surface area (Å²) in [6.45, 7) is 0. The third-order valence-corrected chi connectivity index (χ3v) is 7.17. The van der Waals surface area contributed by atoms with Crippen LogP contribution in [0.3, 0.4) is 0 Å². The fraction of sp³-hybridized carbons (Fsp3) is 0.500. The van der Waals surface area contributed by atoms with Crippen molar-refractivity contribution in [2.45, 2.75) is 77.0 Å². The molecule has 2 aromatic rings. The molecule has 2 aromatic carbocycles. The van der Waals surface area contributed by atoms with Crippen molar-refractivity contribution in [3.63, 3.8) is 0 Å². The number of hydrogen-bond acceptors (Lipinski definition) is 2. The summed E-state index contributed by atoms with van der Waals surface area (Å²) >= 11 is 0. The number of anilines is 2. The Balaban J connectivity index is 1.39. The van der Waals surface area contributed by atoms with Gasteiger partial charge in [-0.2, -0.15) is 0 Å². The Labute approximate surface area is 192 Å². The van der Waals surface area contributed by atoms with Crippen LogP contribution in [0.1, 0.15) is 75.3 Å². The Morgan fingerprint density at radius 2 is 0.969 bits per heavy atom. The van der Waals surface area contributed by atoms with Gasteiger partial charge in [0, 0.05) is 23.2 Å². The first-order chi connectivity index (χ1) is 15.7. The molecule has 4 rings (SSSR count). The highest BCUT2D eigenvalue weighted by Gasteiger charge is 2.23. The van der Waals surface area contributed by atoms with Crippen LogP contribution >= 0.6 is 0 Å². The van der Waals surface area contributed by atoms with Gasteiger partial charge in [0.15, 0.2) is 0 Å². The van der Waals surface area contributed by atoms with Crippen LogP contribution in [0, 0.1) is 11.8 Å². The molecule has 0 aliphatic heterocycles. The summed E-state index contributed by atoms with van der Waals surface area (Å²) in [6.07, 6.45) is 12.8. The molecule has 0 saturated heterocycles. The molecule has 2 N–H and O–H groups in total. The normalized spacial score (nSPS) is 17.6. The Morgan fingerprint density at radius 1 is 0.594 bits per heavy atom. The van der Waals surface area contributed by atoms with Crippen molar-refractivity contribution in [3.8, 4) is 0 Å². The molecule has 0 heterocycles. The van der Waals surface area contributed by atoms with Gasteiger partial charge in [-0.25, -0.2) is 0 Å². The van der Waals surface area contributed by atoms with E-state index < -0.39 is 0 Å². The molecule has 0 unspecified atom stereocenters. The second-order valence-corrected chi connectivity index (χ2v) is 9.46. The van der Waals surface area contributed by atoms with Crippen LogP contribution in [0.5, 0.6) is 0 Å². The highest BCUT2D eigenvalue weighted by molar-refractivity contribution is 5.94. The van der Waals surface area contributed by atoms with Gasteiger partial charge in [-0.05, 0) is 61.8 Å². The maximum absolute atomic E-state index is 12.8. The zero-order valence-corrected chi connectivity index (χ0v) is 19.1. The summed E-state index contributed by atoms with van der Waals surface area (Å²) in [5.41, 5.74) is 4.13. The number of carbonyl (C=O) groups is 2. The number of rotatable bonds is 7. The average molecular weight is 433 g/mol. The average Bonchev–Trinajstić information content (AvgIpc) is 2.85. The zero-order valence-electron chi connectivity index (χ0n) is 19.1. The van der Waals surface area contributed by atoms with Crippen LogP contribution in [0.4, 0.5) is 11.4 Å². The summed E-state index contributed by atoms with van der Waals surface area (Å²) in [4.78, 5) is 25.5. The van der Waals surface area contributed by atoms with E-state index in [4.69, 9.17) is 0 Å². The van der Waals surface area contributed by atoms with Crippen LogP contribution in [-0.2, 0) is 22.4 Å². The van der Waals surface area contributed by atoms with Crippen molar-refractivity contribution < 1.29 is 9.59 Å². The van der Waals surface area contributed by atoms with Gasteiger partial charge in [0.25, 0.3) is 0 Å². The molecule has 170 valence electrons. The SMILES string of the molecule is O=C(Nc1ccccc1CCc1ccccc1NC(=O)C1CCCCC1)C1CCCCC1. The summed E-state index contributed by atoms with van der Waals surface area (Å²) in [5, 5.41) is 6.40. The molecule has 0 aromatic heterocycles. The quantitative estimate of drug-likeness (QED) is 0.524. The van der Waals surface area contributed by atoms with Crippen molar-refractivity contribution in [1.29, 1.82) is 0 Å². The van der Waals surface area contributed by atoms with Crippen molar-refractivity contribution in [2.24, 2.45) is 11.8 Å². The smallest absolute Gasteiger partial charge is 0.227 e. The zero-order chi connectivity index (χ0) is 22.2. The van der Waals surface area contributed by atoms with Crippen LogP contribution in [0.2, 0.25) is 0 Å². The van der Waals surface area contributed by atoms with Gasteiger partial charge in [0.2, 0.25) is 11.8 Å². The second-order valence-electron chi connectivity index (χ2n) is 9.46.